The van der Waals surface area contributed by atoms with Gasteiger partial charge in [0.15, 0.2) is 5.82 Å². The van der Waals surface area contributed by atoms with E-state index in [0.29, 0.717) is 12.0 Å². The van der Waals surface area contributed by atoms with Crippen LogP contribution in [0.1, 0.15) is 19.3 Å². The van der Waals surface area contributed by atoms with E-state index in [1.807, 2.05) is 10.6 Å². The Morgan fingerprint density at radius 1 is 1.47 bits per heavy atom. The summed E-state index contributed by atoms with van der Waals surface area (Å²) in [6.45, 7) is 0.862. The second-order valence-corrected chi connectivity index (χ2v) is 4.57. The maximum Gasteiger partial charge on any atom is 0.203 e. The molecular weight excluding hydrogens is 216 g/mol. The maximum absolute atomic E-state index is 6.04. The van der Waals surface area contributed by atoms with Crippen LogP contribution < -0.4 is 11.1 Å². The molecule has 0 bridgehead atoms. The quantitative estimate of drug-likeness (QED) is 0.812. The van der Waals surface area contributed by atoms with Crippen molar-refractivity contribution in [2.24, 2.45) is 11.7 Å². The van der Waals surface area contributed by atoms with Gasteiger partial charge in [0.25, 0.3) is 0 Å². The molecule has 1 aliphatic carbocycles. The van der Waals surface area contributed by atoms with Crippen molar-refractivity contribution in [1.82, 2.24) is 19.6 Å². The third-order valence-corrected chi connectivity index (χ3v) is 3.47. The van der Waals surface area contributed by atoms with Crippen molar-refractivity contribution in [2.45, 2.75) is 25.3 Å². The van der Waals surface area contributed by atoms with Gasteiger partial charge in [0, 0.05) is 25.0 Å². The molecule has 0 aliphatic heterocycles. The predicted molar refractivity (Wildman–Crippen MR) is 64.6 cm³/mol. The van der Waals surface area contributed by atoms with Crippen LogP contribution in [0.15, 0.2) is 18.7 Å². The molecule has 6 nitrogen and oxygen atoms in total. The summed E-state index contributed by atoms with van der Waals surface area (Å²) in [6, 6.07) is 0.320. The molecule has 0 radical (unpaired) electrons. The summed E-state index contributed by atoms with van der Waals surface area (Å²) in [7, 11) is 0. The molecule has 1 saturated carbocycles. The van der Waals surface area contributed by atoms with Gasteiger partial charge in [0.1, 0.15) is 6.33 Å². The second kappa shape index (κ2) is 4.29. The van der Waals surface area contributed by atoms with E-state index in [0.717, 1.165) is 24.4 Å². The van der Waals surface area contributed by atoms with Crippen molar-refractivity contribution in [3.63, 3.8) is 0 Å². The number of hydrogen-bond acceptors (Lipinski definition) is 5. The van der Waals surface area contributed by atoms with Gasteiger partial charge in [-0.3, -0.25) is 4.40 Å². The lowest BCUT2D eigenvalue weighted by atomic mass is 10.1. The summed E-state index contributed by atoms with van der Waals surface area (Å²) in [5.41, 5.74) is 6.81. The van der Waals surface area contributed by atoms with Crippen molar-refractivity contribution < 1.29 is 0 Å². The minimum atomic E-state index is 0.320. The Labute approximate surface area is 99.3 Å². The van der Waals surface area contributed by atoms with Gasteiger partial charge in [-0.25, -0.2) is 4.98 Å². The van der Waals surface area contributed by atoms with E-state index >= 15 is 0 Å². The molecule has 0 amide bonds. The highest BCUT2D eigenvalue weighted by Gasteiger charge is 2.23. The zero-order chi connectivity index (χ0) is 11.7. The van der Waals surface area contributed by atoms with Crippen LogP contribution in [0.2, 0.25) is 0 Å². The zero-order valence-electron chi connectivity index (χ0n) is 9.58. The maximum atomic E-state index is 6.04. The number of aromatic nitrogens is 4. The Hall–Kier alpha value is -1.69. The fourth-order valence-corrected chi connectivity index (χ4v) is 2.43. The fourth-order valence-electron chi connectivity index (χ4n) is 2.43. The number of fused-ring (bicyclic) bond motifs is 1. The molecule has 90 valence electrons. The van der Waals surface area contributed by atoms with Crippen molar-refractivity contribution in [2.75, 3.05) is 11.9 Å². The first-order chi connectivity index (χ1) is 8.34. The lowest BCUT2D eigenvalue weighted by Gasteiger charge is -2.16. The van der Waals surface area contributed by atoms with Crippen LogP contribution in [-0.4, -0.2) is 32.2 Å². The van der Waals surface area contributed by atoms with Crippen molar-refractivity contribution in [3.05, 3.63) is 18.7 Å². The molecule has 0 spiro atoms. The van der Waals surface area contributed by atoms with Crippen LogP contribution in [-0.2, 0) is 0 Å². The van der Waals surface area contributed by atoms with Gasteiger partial charge < -0.3 is 11.1 Å². The van der Waals surface area contributed by atoms with E-state index in [9.17, 15) is 0 Å². The fraction of sp³-hybridized carbons (Fsp3) is 0.545. The van der Waals surface area contributed by atoms with Gasteiger partial charge in [-0.15, -0.1) is 10.2 Å². The van der Waals surface area contributed by atoms with Gasteiger partial charge in [0.05, 0.1) is 0 Å². The topological polar surface area (TPSA) is 81.1 Å². The molecule has 3 rings (SSSR count). The standard InChI is InChI=1S/C11H16N6/c12-9-3-1-2-8(9)6-14-10-11-16-15-7-17(11)5-4-13-10/h4-5,7-9H,1-3,6,12H2,(H,13,14). The van der Waals surface area contributed by atoms with Crippen LogP contribution in [0.4, 0.5) is 5.82 Å². The molecule has 0 saturated heterocycles. The molecular formula is C11H16N6. The summed E-state index contributed by atoms with van der Waals surface area (Å²) >= 11 is 0. The normalized spacial score (nSPS) is 24.3. The Morgan fingerprint density at radius 3 is 3.24 bits per heavy atom. The molecule has 2 heterocycles. The van der Waals surface area contributed by atoms with Crippen molar-refractivity contribution in [3.8, 4) is 0 Å². The van der Waals surface area contributed by atoms with Crippen molar-refractivity contribution in [1.29, 1.82) is 0 Å². The second-order valence-electron chi connectivity index (χ2n) is 4.57. The van der Waals surface area contributed by atoms with Gasteiger partial charge in [0.2, 0.25) is 5.65 Å². The predicted octanol–water partition coefficient (Wildman–Crippen LogP) is 0.664. The zero-order valence-corrected chi connectivity index (χ0v) is 9.58. The van der Waals surface area contributed by atoms with Gasteiger partial charge in [-0.2, -0.15) is 0 Å². The Balaban J connectivity index is 1.74. The highest BCUT2D eigenvalue weighted by atomic mass is 15.2. The number of nitrogens with two attached hydrogens (primary N) is 1. The first kappa shape index (κ1) is 10.5. The van der Waals surface area contributed by atoms with Gasteiger partial charge in [-0.1, -0.05) is 6.42 Å². The average molecular weight is 232 g/mol. The van der Waals surface area contributed by atoms with Crippen LogP contribution >= 0.6 is 0 Å². The molecule has 2 aromatic heterocycles. The van der Waals surface area contributed by atoms with Crippen LogP contribution in [0.25, 0.3) is 5.65 Å². The first-order valence-electron chi connectivity index (χ1n) is 5.98. The van der Waals surface area contributed by atoms with Gasteiger partial charge >= 0.3 is 0 Å². The van der Waals surface area contributed by atoms with Crippen LogP contribution in [0.5, 0.6) is 0 Å². The Morgan fingerprint density at radius 2 is 2.41 bits per heavy atom. The molecule has 3 N–H and O–H groups in total. The SMILES string of the molecule is NC1CCCC1CNc1nccn2cnnc12. The molecule has 0 aromatic carbocycles. The summed E-state index contributed by atoms with van der Waals surface area (Å²) < 4.78 is 1.85. The van der Waals surface area contributed by atoms with E-state index in [1.165, 1.54) is 12.8 Å². The largest absolute Gasteiger partial charge is 0.367 e. The molecule has 2 atom stereocenters. The molecule has 2 unspecified atom stereocenters. The Kier molecular flexibility index (Phi) is 2.64. The van der Waals surface area contributed by atoms with E-state index in [2.05, 4.69) is 20.5 Å². The molecule has 1 aliphatic rings. The summed E-state index contributed by atoms with van der Waals surface area (Å²) in [5.74, 6) is 1.32. The minimum absolute atomic E-state index is 0.320. The number of nitrogens with zero attached hydrogens (tertiary/aromatic N) is 4. The number of nitrogens with one attached hydrogen (secondary N) is 1. The van der Waals surface area contributed by atoms with E-state index < -0.39 is 0 Å². The highest BCUT2D eigenvalue weighted by molar-refractivity contribution is 5.61. The summed E-state index contributed by atoms with van der Waals surface area (Å²) in [5, 5.41) is 11.2. The third-order valence-electron chi connectivity index (χ3n) is 3.47. The first-order valence-corrected chi connectivity index (χ1v) is 5.98. The minimum Gasteiger partial charge on any atom is -0.367 e. The lowest BCUT2D eigenvalue weighted by molar-refractivity contribution is 0.504. The number of rotatable bonds is 3. The average Bonchev–Trinajstić information content (AvgIpc) is 2.95. The molecule has 17 heavy (non-hydrogen) atoms. The highest BCUT2D eigenvalue weighted by Crippen LogP contribution is 2.24. The third kappa shape index (κ3) is 1.95. The monoisotopic (exact) mass is 232 g/mol. The Bertz CT molecular complexity index is 507. The van der Waals surface area contributed by atoms with Crippen molar-refractivity contribution >= 4 is 11.5 Å². The lowest BCUT2D eigenvalue weighted by Crippen LogP contribution is -2.29. The number of anilines is 1. The van der Waals surface area contributed by atoms with E-state index in [1.54, 1.807) is 12.5 Å². The van der Waals surface area contributed by atoms with Crippen LogP contribution in [0, 0.1) is 5.92 Å². The number of hydrogen-bond donors (Lipinski definition) is 2. The van der Waals surface area contributed by atoms with E-state index in [-0.39, 0.29) is 0 Å². The summed E-state index contributed by atoms with van der Waals surface area (Å²) in [6.07, 6.45) is 8.81. The smallest absolute Gasteiger partial charge is 0.203 e. The van der Waals surface area contributed by atoms with Crippen LogP contribution in [0.3, 0.4) is 0 Å². The van der Waals surface area contributed by atoms with E-state index in [4.69, 9.17) is 5.73 Å². The van der Waals surface area contributed by atoms with Gasteiger partial charge in [-0.05, 0) is 18.8 Å². The molecule has 1 fully saturated rings. The molecule has 2 aromatic rings. The molecule has 6 heteroatoms. The summed E-state index contributed by atoms with van der Waals surface area (Å²) in [4.78, 5) is 4.29.